The van der Waals surface area contributed by atoms with E-state index in [2.05, 4.69) is 20.4 Å². The Labute approximate surface area is 151 Å². The minimum absolute atomic E-state index is 0.0308. The van der Waals surface area contributed by atoms with Crippen molar-refractivity contribution >= 4 is 5.91 Å². The molecule has 0 radical (unpaired) electrons. The van der Waals surface area contributed by atoms with E-state index in [1.807, 2.05) is 25.7 Å². The second kappa shape index (κ2) is 5.75. The molecule has 1 saturated heterocycles. The van der Waals surface area contributed by atoms with Crippen LogP contribution < -0.4 is 5.56 Å². The number of likely N-dealkylation sites (tertiary alicyclic amines) is 1. The summed E-state index contributed by atoms with van der Waals surface area (Å²) >= 11 is 0. The summed E-state index contributed by atoms with van der Waals surface area (Å²) in [5, 5.41) is 10.1. The minimum Gasteiger partial charge on any atom is -0.336 e. The normalized spacial score (nSPS) is 22.7. The van der Waals surface area contributed by atoms with Crippen molar-refractivity contribution in [2.75, 3.05) is 13.1 Å². The third kappa shape index (κ3) is 2.64. The van der Waals surface area contributed by atoms with Crippen LogP contribution in [0.5, 0.6) is 0 Å². The standard InChI is InChI=1S/C18H24N6O2/c1-17(2,3)16-20-13-11(14(25)21-16)5-7-18(13)6-4-8-24(10-18)15(26)12-9-19-23-22-12/h9H,4-8,10H2,1-3H3,(H,19,22,23)(H,20,21,25). The zero-order valence-corrected chi connectivity index (χ0v) is 15.4. The highest BCUT2D eigenvalue weighted by molar-refractivity contribution is 5.92. The summed E-state index contributed by atoms with van der Waals surface area (Å²) in [6.07, 6.45) is 4.86. The number of hydrogen-bond acceptors (Lipinski definition) is 5. The van der Waals surface area contributed by atoms with E-state index in [1.165, 1.54) is 6.20 Å². The van der Waals surface area contributed by atoms with Crippen LogP contribution in [0, 0.1) is 0 Å². The Kier molecular flexibility index (Phi) is 3.75. The Morgan fingerprint density at radius 1 is 1.31 bits per heavy atom. The van der Waals surface area contributed by atoms with Crippen molar-refractivity contribution in [2.45, 2.75) is 57.3 Å². The summed E-state index contributed by atoms with van der Waals surface area (Å²) in [6, 6.07) is 0. The Morgan fingerprint density at radius 2 is 2.12 bits per heavy atom. The van der Waals surface area contributed by atoms with E-state index in [9.17, 15) is 9.59 Å². The van der Waals surface area contributed by atoms with E-state index in [0.717, 1.165) is 30.5 Å². The number of fused-ring (bicyclic) bond motifs is 2. The molecule has 2 aromatic rings. The molecule has 0 aromatic carbocycles. The van der Waals surface area contributed by atoms with Gasteiger partial charge in [-0.15, -0.1) is 0 Å². The largest absolute Gasteiger partial charge is 0.336 e. The highest BCUT2D eigenvalue weighted by Crippen LogP contribution is 2.43. The van der Waals surface area contributed by atoms with Crippen molar-refractivity contribution in [1.29, 1.82) is 0 Å². The number of nitrogens with zero attached hydrogens (tertiary/aromatic N) is 4. The van der Waals surface area contributed by atoms with Crippen LogP contribution in [0.1, 0.15) is 67.6 Å². The van der Waals surface area contributed by atoms with Gasteiger partial charge in [0.1, 0.15) is 5.82 Å². The van der Waals surface area contributed by atoms with Crippen molar-refractivity contribution in [2.24, 2.45) is 0 Å². The summed E-state index contributed by atoms with van der Waals surface area (Å²) in [4.78, 5) is 35.0. The lowest BCUT2D eigenvalue weighted by atomic mass is 9.77. The van der Waals surface area contributed by atoms with Crippen LogP contribution in [0.15, 0.2) is 11.0 Å². The van der Waals surface area contributed by atoms with Crippen LogP contribution in [0.2, 0.25) is 0 Å². The van der Waals surface area contributed by atoms with Crippen molar-refractivity contribution in [1.82, 2.24) is 30.3 Å². The highest BCUT2D eigenvalue weighted by atomic mass is 16.2. The predicted molar refractivity (Wildman–Crippen MR) is 95.1 cm³/mol. The van der Waals surface area contributed by atoms with Gasteiger partial charge in [-0.05, 0) is 25.7 Å². The third-order valence-electron chi connectivity index (χ3n) is 5.58. The molecule has 1 fully saturated rings. The molecule has 0 saturated carbocycles. The highest BCUT2D eigenvalue weighted by Gasteiger charge is 2.46. The van der Waals surface area contributed by atoms with Gasteiger partial charge < -0.3 is 9.88 Å². The van der Waals surface area contributed by atoms with Crippen molar-refractivity contribution < 1.29 is 4.79 Å². The first kappa shape index (κ1) is 16.9. The summed E-state index contributed by atoms with van der Waals surface area (Å²) in [7, 11) is 0. The van der Waals surface area contributed by atoms with Crippen LogP contribution in [0.4, 0.5) is 0 Å². The maximum atomic E-state index is 12.7. The number of piperidine rings is 1. The number of hydrogen-bond donors (Lipinski definition) is 2. The smallest absolute Gasteiger partial charge is 0.276 e. The van der Waals surface area contributed by atoms with Crippen LogP contribution in [-0.4, -0.2) is 49.3 Å². The fourth-order valence-corrected chi connectivity index (χ4v) is 4.18. The molecule has 1 aliphatic carbocycles. The van der Waals surface area contributed by atoms with Crippen molar-refractivity contribution in [3.8, 4) is 0 Å². The van der Waals surface area contributed by atoms with E-state index < -0.39 is 0 Å². The Hall–Kier alpha value is -2.51. The maximum absolute atomic E-state index is 12.7. The monoisotopic (exact) mass is 356 g/mol. The van der Waals surface area contributed by atoms with Gasteiger partial charge >= 0.3 is 0 Å². The number of aromatic amines is 2. The Balaban J connectivity index is 1.72. The van der Waals surface area contributed by atoms with Gasteiger partial charge in [0.15, 0.2) is 5.69 Å². The first-order valence-electron chi connectivity index (χ1n) is 9.09. The van der Waals surface area contributed by atoms with Crippen LogP contribution in [0.3, 0.4) is 0 Å². The molecule has 8 nitrogen and oxygen atoms in total. The molecule has 3 heterocycles. The molecular formula is C18H24N6O2. The van der Waals surface area contributed by atoms with E-state index in [4.69, 9.17) is 4.98 Å². The molecule has 8 heteroatoms. The molecule has 1 amide bonds. The molecule has 2 aliphatic rings. The lowest BCUT2D eigenvalue weighted by molar-refractivity contribution is 0.0627. The third-order valence-corrected chi connectivity index (χ3v) is 5.58. The maximum Gasteiger partial charge on any atom is 0.276 e. The van der Waals surface area contributed by atoms with Gasteiger partial charge in [-0.1, -0.05) is 20.8 Å². The first-order chi connectivity index (χ1) is 12.3. The van der Waals surface area contributed by atoms with Gasteiger partial charge in [-0.3, -0.25) is 9.59 Å². The van der Waals surface area contributed by atoms with Gasteiger partial charge in [-0.25, -0.2) is 4.98 Å². The number of rotatable bonds is 1. The fraction of sp³-hybridized carbons (Fsp3) is 0.611. The number of nitrogens with one attached hydrogen (secondary N) is 2. The fourth-order valence-electron chi connectivity index (χ4n) is 4.18. The zero-order chi connectivity index (χ0) is 18.5. The molecule has 138 valence electrons. The molecule has 4 rings (SSSR count). The molecule has 0 bridgehead atoms. The number of carbonyl (C=O) groups excluding carboxylic acids is 1. The quantitative estimate of drug-likeness (QED) is 0.801. The van der Waals surface area contributed by atoms with Crippen LogP contribution >= 0.6 is 0 Å². The molecule has 2 aromatic heterocycles. The summed E-state index contributed by atoms with van der Waals surface area (Å²) in [5.41, 5.74) is 1.51. The number of aromatic nitrogens is 5. The van der Waals surface area contributed by atoms with E-state index in [0.29, 0.717) is 31.0 Å². The molecule has 1 aliphatic heterocycles. The van der Waals surface area contributed by atoms with E-state index >= 15 is 0 Å². The number of carbonyl (C=O) groups is 1. The summed E-state index contributed by atoms with van der Waals surface area (Å²) in [6.45, 7) is 7.39. The average Bonchev–Trinajstić information content (AvgIpc) is 3.23. The lowest BCUT2D eigenvalue weighted by Crippen LogP contribution is -2.48. The second-order valence-corrected chi connectivity index (χ2v) is 8.46. The number of H-pyrrole nitrogens is 2. The number of amides is 1. The summed E-state index contributed by atoms with van der Waals surface area (Å²) < 4.78 is 0. The molecular weight excluding hydrogens is 332 g/mol. The summed E-state index contributed by atoms with van der Waals surface area (Å²) in [5.74, 6) is 0.592. The molecule has 26 heavy (non-hydrogen) atoms. The first-order valence-corrected chi connectivity index (χ1v) is 9.09. The van der Waals surface area contributed by atoms with Gasteiger partial charge in [0.2, 0.25) is 0 Å². The zero-order valence-electron chi connectivity index (χ0n) is 15.4. The van der Waals surface area contributed by atoms with E-state index in [-0.39, 0.29) is 22.3 Å². The van der Waals surface area contributed by atoms with Gasteiger partial charge in [0.25, 0.3) is 11.5 Å². The SMILES string of the molecule is CC(C)(C)c1nc2c(c(=O)[nH]1)CCC21CCCN(C(=O)c2cn[nH]n2)C1. The van der Waals surface area contributed by atoms with Gasteiger partial charge in [-0.2, -0.15) is 15.4 Å². The Bertz CT molecular complexity index is 895. The van der Waals surface area contributed by atoms with Crippen LogP contribution in [-0.2, 0) is 17.3 Å². The molecule has 1 unspecified atom stereocenters. The van der Waals surface area contributed by atoms with Crippen molar-refractivity contribution in [3.05, 3.63) is 39.3 Å². The molecule has 1 atom stereocenters. The molecule has 1 spiro atoms. The van der Waals surface area contributed by atoms with Gasteiger partial charge in [0, 0.05) is 29.5 Å². The Morgan fingerprint density at radius 3 is 2.81 bits per heavy atom. The predicted octanol–water partition coefficient (Wildman–Crippen LogP) is 1.31. The second-order valence-electron chi connectivity index (χ2n) is 8.46. The topological polar surface area (TPSA) is 108 Å². The molecule has 2 N–H and O–H groups in total. The van der Waals surface area contributed by atoms with Crippen LogP contribution in [0.25, 0.3) is 0 Å². The van der Waals surface area contributed by atoms with E-state index in [1.54, 1.807) is 0 Å². The lowest BCUT2D eigenvalue weighted by Gasteiger charge is -2.40. The average molecular weight is 356 g/mol. The van der Waals surface area contributed by atoms with Gasteiger partial charge in [0.05, 0.1) is 11.9 Å². The minimum atomic E-state index is -0.235. The van der Waals surface area contributed by atoms with Crippen molar-refractivity contribution in [3.63, 3.8) is 0 Å².